The van der Waals surface area contributed by atoms with Crippen molar-refractivity contribution in [3.8, 4) is 0 Å². The van der Waals surface area contributed by atoms with Crippen LogP contribution in [0, 0.1) is 0 Å². The number of hydrogen-bond acceptors (Lipinski definition) is 5. The number of carbonyl (C=O) groups excluding carboxylic acids is 2. The van der Waals surface area contributed by atoms with Crippen LogP contribution in [0.1, 0.15) is 77.5 Å². The molecule has 184 valence electrons. The maximum absolute atomic E-state index is 12.9. The van der Waals surface area contributed by atoms with Crippen LogP contribution in [0.4, 0.5) is 15.4 Å². The van der Waals surface area contributed by atoms with Crippen LogP contribution in [-0.4, -0.2) is 40.3 Å². The first-order chi connectivity index (χ1) is 16.2. The number of carbonyl (C=O) groups is 2. The van der Waals surface area contributed by atoms with Gasteiger partial charge in [-0.1, -0.05) is 43.3 Å². The fourth-order valence-corrected chi connectivity index (χ4v) is 4.03. The zero-order valence-electron chi connectivity index (χ0n) is 21.0. The van der Waals surface area contributed by atoms with E-state index in [9.17, 15) is 9.59 Å². The summed E-state index contributed by atoms with van der Waals surface area (Å²) in [7, 11) is 0. The minimum atomic E-state index is -0.592. The molecule has 2 aromatic rings. The summed E-state index contributed by atoms with van der Waals surface area (Å²) in [5.74, 6) is 0.543. The van der Waals surface area contributed by atoms with Gasteiger partial charge in [0, 0.05) is 18.8 Å². The lowest BCUT2D eigenvalue weighted by molar-refractivity contribution is 0.0565. The quantitative estimate of drug-likeness (QED) is 0.486. The molecule has 1 aliphatic rings. The van der Waals surface area contributed by atoms with Crippen LogP contribution >= 0.6 is 0 Å². The van der Waals surface area contributed by atoms with Crippen LogP contribution in [0.3, 0.4) is 0 Å². The van der Waals surface area contributed by atoms with Gasteiger partial charge in [0.2, 0.25) is 0 Å². The van der Waals surface area contributed by atoms with E-state index in [2.05, 4.69) is 4.98 Å². The maximum Gasteiger partial charge on any atom is 0.416 e. The second-order valence-electron chi connectivity index (χ2n) is 9.80. The van der Waals surface area contributed by atoms with Crippen LogP contribution in [0.2, 0.25) is 0 Å². The van der Waals surface area contributed by atoms with Gasteiger partial charge in [0.05, 0.1) is 6.04 Å². The van der Waals surface area contributed by atoms with Gasteiger partial charge in [-0.3, -0.25) is 4.90 Å². The molecule has 1 aliphatic heterocycles. The average Bonchev–Trinajstić information content (AvgIpc) is 2.82. The molecule has 1 aromatic carbocycles. The molecule has 0 N–H and O–H groups in total. The second kappa shape index (κ2) is 11.4. The Morgan fingerprint density at radius 2 is 1.88 bits per heavy atom. The van der Waals surface area contributed by atoms with Gasteiger partial charge in [-0.05, 0) is 70.6 Å². The van der Waals surface area contributed by atoms with E-state index in [1.165, 1.54) is 0 Å². The van der Waals surface area contributed by atoms with Crippen molar-refractivity contribution in [2.75, 3.05) is 11.4 Å². The third kappa shape index (κ3) is 6.72. The minimum absolute atomic E-state index is 0.0626. The molecule has 1 fully saturated rings. The van der Waals surface area contributed by atoms with Gasteiger partial charge in [-0.15, -0.1) is 0 Å². The Kier molecular flexibility index (Phi) is 8.53. The van der Waals surface area contributed by atoms with Crippen molar-refractivity contribution in [1.29, 1.82) is 0 Å². The molecule has 0 radical (unpaired) electrons. The number of ether oxygens (including phenoxy) is 2. The summed E-state index contributed by atoms with van der Waals surface area (Å²) in [6.45, 7) is 10.5. The molecule has 2 atom stereocenters. The van der Waals surface area contributed by atoms with Crippen LogP contribution in [0.15, 0.2) is 48.7 Å². The van der Waals surface area contributed by atoms with Gasteiger partial charge in [0.25, 0.3) is 0 Å². The highest BCUT2D eigenvalue weighted by molar-refractivity contribution is 5.87. The molecule has 0 saturated carbocycles. The Balaban J connectivity index is 1.74. The number of pyridine rings is 1. The van der Waals surface area contributed by atoms with Gasteiger partial charge < -0.3 is 14.4 Å². The van der Waals surface area contributed by atoms with Gasteiger partial charge in [0.1, 0.15) is 18.0 Å². The highest BCUT2D eigenvalue weighted by Crippen LogP contribution is 2.32. The molecule has 2 amide bonds. The highest BCUT2D eigenvalue weighted by atomic mass is 16.6. The van der Waals surface area contributed by atoms with Crippen molar-refractivity contribution in [3.63, 3.8) is 0 Å². The topological polar surface area (TPSA) is 72.0 Å². The third-order valence-corrected chi connectivity index (χ3v) is 5.97. The van der Waals surface area contributed by atoms with Crippen molar-refractivity contribution in [2.45, 2.75) is 84.6 Å². The molecule has 0 spiro atoms. The predicted octanol–water partition coefficient (Wildman–Crippen LogP) is 6.49. The molecule has 7 heteroatoms. The standard InChI is InChI=1S/C27H37N3O4/c1-6-20(2)30(26(32)34-27(3,4)5)24-16-15-22(18-28-24)23-14-10-11-17-29(23)25(31)33-19-21-12-8-7-9-13-21/h7-9,12-13,15-16,18,20,23H,6,10-11,14,17,19H2,1-5H3/t20-,23+/m0/s1. The molecular formula is C27H37N3O4. The van der Waals surface area contributed by atoms with E-state index in [-0.39, 0.29) is 24.8 Å². The Labute approximate surface area is 203 Å². The van der Waals surface area contributed by atoms with E-state index < -0.39 is 11.7 Å². The number of rotatable bonds is 6. The predicted molar refractivity (Wildman–Crippen MR) is 133 cm³/mol. The second-order valence-corrected chi connectivity index (χ2v) is 9.80. The molecule has 34 heavy (non-hydrogen) atoms. The summed E-state index contributed by atoms with van der Waals surface area (Å²) in [4.78, 5) is 33.8. The van der Waals surface area contributed by atoms with Gasteiger partial charge in [-0.25, -0.2) is 14.6 Å². The Morgan fingerprint density at radius 1 is 1.15 bits per heavy atom. The normalized spacial score (nSPS) is 17.1. The zero-order chi connectivity index (χ0) is 24.7. The number of anilines is 1. The third-order valence-electron chi connectivity index (χ3n) is 5.97. The van der Waals surface area contributed by atoms with Crippen LogP contribution < -0.4 is 4.90 Å². The van der Waals surface area contributed by atoms with E-state index in [0.717, 1.165) is 36.8 Å². The van der Waals surface area contributed by atoms with E-state index >= 15 is 0 Å². The Bertz CT molecular complexity index is 941. The number of piperidine rings is 1. The first-order valence-corrected chi connectivity index (χ1v) is 12.1. The average molecular weight is 468 g/mol. The van der Waals surface area contributed by atoms with Crippen molar-refractivity contribution < 1.29 is 19.1 Å². The van der Waals surface area contributed by atoms with Crippen molar-refractivity contribution in [3.05, 3.63) is 59.8 Å². The Morgan fingerprint density at radius 3 is 2.50 bits per heavy atom. The van der Waals surface area contributed by atoms with Gasteiger partial charge in [0.15, 0.2) is 0 Å². The summed E-state index contributed by atoms with van der Waals surface area (Å²) in [6, 6.07) is 13.3. The van der Waals surface area contributed by atoms with Crippen molar-refractivity contribution >= 4 is 18.0 Å². The van der Waals surface area contributed by atoms with Crippen molar-refractivity contribution in [1.82, 2.24) is 9.88 Å². The van der Waals surface area contributed by atoms with Crippen molar-refractivity contribution in [2.24, 2.45) is 0 Å². The highest BCUT2D eigenvalue weighted by Gasteiger charge is 2.31. The summed E-state index contributed by atoms with van der Waals surface area (Å²) in [6.07, 6.45) is 4.64. The largest absolute Gasteiger partial charge is 0.445 e. The molecule has 0 bridgehead atoms. The molecule has 0 unspecified atom stereocenters. The number of likely N-dealkylation sites (tertiary alicyclic amines) is 1. The first-order valence-electron chi connectivity index (χ1n) is 12.1. The number of hydrogen-bond donors (Lipinski definition) is 0. The first kappa shape index (κ1) is 25.5. The lowest BCUT2D eigenvalue weighted by atomic mass is 9.97. The summed E-state index contributed by atoms with van der Waals surface area (Å²) in [5.41, 5.74) is 1.31. The molecular weight excluding hydrogens is 430 g/mol. The van der Waals surface area contributed by atoms with E-state index in [1.54, 1.807) is 16.0 Å². The lowest BCUT2D eigenvalue weighted by Crippen LogP contribution is -2.42. The molecule has 7 nitrogen and oxygen atoms in total. The van der Waals surface area contributed by atoms with E-state index in [0.29, 0.717) is 12.4 Å². The molecule has 3 rings (SSSR count). The van der Waals surface area contributed by atoms with Crippen LogP contribution in [0.25, 0.3) is 0 Å². The number of benzene rings is 1. The minimum Gasteiger partial charge on any atom is -0.445 e. The lowest BCUT2D eigenvalue weighted by Gasteiger charge is -2.35. The molecule has 0 aliphatic carbocycles. The van der Waals surface area contributed by atoms with Gasteiger partial charge in [-0.2, -0.15) is 0 Å². The monoisotopic (exact) mass is 467 g/mol. The molecule has 1 aromatic heterocycles. The number of nitrogens with zero attached hydrogens (tertiary/aromatic N) is 3. The number of aromatic nitrogens is 1. The van der Waals surface area contributed by atoms with Crippen LogP contribution in [-0.2, 0) is 16.1 Å². The van der Waals surface area contributed by atoms with Crippen LogP contribution in [0.5, 0.6) is 0 Å². The molecule has 1 saturated heterocycles. The summed E-state index contributed by atoms with van der Waals surface area (Å²) < 4.78 is 11.2. The fraction of sp³-hybridized carbons (Fsp3) is 0.519. The smallest absolute Gasteiger partial charge is 0.416 e. The summed E-state index contributed by atoms with van der Waals surface area (Å²) in [5, 5.41) is 0. The number of amides is 2. The molecule has 2 heterocycles. The SMILES string of the molecule is CC[C@H](C)N(C(=O)OC(C)(C)C)c1ccc([C@H]2CCCCN2C(=O)OCc2ccccc2)cn1. The van der Waals surface area contributed by atoms with E-state index in [4.69, 9.17) is 9.47 Å². The Hall–Kier alpha value is -3.09. The van der Waals surface area contributed by atoms with Gasteiger partial charge >= 0.3 is 12.2 Å². The maximum atomic E-state index is 12.9. The van der Waals surface area contributed by atoms with E-state index in [1.807, 2.05) is 77.1 Å². The zero-order valence-corrected chi connectivity index (χ0v) is 21.0. The summed E-state index contributed by atoms with van der Waals surface area (Å²) >= 11 is 0. The fourth-order valence-electron chi connectivity index (χ4n) is 4.03.